The molecule has 122 valence electrons. The lowest BCUT2D eigenvalue weighted by Gasteiger charge is -2.12. The molecule has 23 heavy (non-hydrogen) atoms. The molecule has 0 spiro atoms. The van der Waals surface area contributed by atoms with Crippen LogP contribution < -0.4 is 15.2 Å². The molecule has 0 saturated heterocycles. The maximum absolute atomic E-state index is 12.3. The van der Waals surface area contributed by atoms with E-state index >= 15 is 0 Å². The van der Waals surface area contributed by atoms with Crippen LogP contribution in [0.5, 0.6) is 11.5 Å². The van der Waals surface area contributed by atoms with Crippen LogP contribution in [0.3, 0.4) is 0 Å². The smallest absolute Gasteiger partial charge is 0.342 e. The lowest BCUT2D eigenvalue weighted by molar-refractivity contribution is 0.0466. The summed E-state index contributed by atoms with van der Waals surface area (Å²) in [4.78, 5) is 12.3. The van der Waals surface area contributed by atoms with E-state index in [0.717, 1.165) is 10.0 Å². The molecule has 0 amide bonds. The minimum atomic E-state index is -0.564. The molecule has 0 aromatic heterocycles. The minimum Gasteiger partial charge on any atom is -0.496 e. The quantitative estimate of drug-likeness (QED) is 0.605. The van der Waals surface area contributed by atoms with Crippen LogP contribution >= 0.6 is 27.5 Å². The summed E-state index contributed by atoms with van der Waals surface area (Å²) < 4.78 is 16.6. The van der Waals surface area contributed by atoms with E-state index < -0.39 is 5.97 Å². The third kappa shape index (κ3) is 4.09. The Morgan fingerprint density at radius 1 is 1.17 bits per heavy atom. The van der Waals surface area contributed by atoms with Crippen molar-refractivity contribution in [2.75, 3.05) is 20.0 Å². The molecule has 0 aliphatic heterocycles. The molecule has 0 fully saturated rings. The summed E-state index contributed by atoms with van der Waals surface area (Å²) in [6, 6.07) is 8.36. The highest BCUT2D eigenvalue weighted by atomic mass is 79.9. The van der Waals surface area contributed by atoms with E-state index in [0.29, 0.717) is 17.2 Å². The van der Waals surface area contributed by atoms with Gasteiger partial charge in [0, 0.05) is 16.1 Å². The van der Waals surface area contributed by atoms with Crippen molar-refractivity contribution in [3.8, 4) is 11.5 Å². The van der Waals surface area contributed by atoms with E-state index in [2.05, 4.69) is 15.9 Å². The van der Waals surface area contributed by atoms with Crippen molar-refractivity contribution in [3.05, 3.63) is 51.0 Å². The number of halogens is 2. The van der Waals surface area contributed by atoms with Gasteiger partial charge in [-0.3, -0.25) is 0 Å². The second kappa shape index (κ2) is 7.57. The number of esters is 1. The number of hydrogen-bond acceptors (Lipinski definition) is 5. The normalized spacial score (nSPS) is 10.3. The number of carbonyl (C=O) groups is 1. The zero-order valence-electron chi connectivity index (χ0n) is 12.6. The maximum Gasteiger partial charge on any atom is 0.342 e. The number of nitrogens with two attached hydrogens (primary N) is 1. The Morgan fingerprint density at radius 3 is 2.52 bits per heavy atom. The first-order valence-electron chi connectivity index (χ1n) is 6.58. The second-order valence-corrected chi connectivity index (χ2v) is 5.93. The number of methoxy groups -OCH3 is 2. The van der Waals surface area contributed by atoms with Crippen LogP contribution in [-0.2, 0) is 11.3 Å². The first kappa shape index (κ1) is 17.4. The molecule has 0 saturated carbocycles. The monoisotopic (exact) mass is 399 g/mol. The first-order chi connectivity index (χ1) is 11.0. The average molecular weight is 401 g/mol. The Hall–Kier alpha value is -1.92. The van der Waals surface area contributed by atoms with Crippen LogP contribution in [0, 0.1) is 0 Å². The Balaban J connectivity index is 2.20. The van der Waals surface area contributed by atoms with Gasteiger partial charge in [0.1, 0.15) is 23.7 Å². The van der Waals surface area contributed by atoms with Crippen molar-refractivity contribution in [1.29, 1.82) is 0 Å². The van der Waals surface area contributed by atoms with Crippen LogP contribution in [0.2, 0.25) is 5.02 Å². The summed E-state index contributed by atoms with van der Waals surface area (Å²) in [5.41, 5.74) is 6.97. The lowest BCUT2D eigenvalue weighted by atomic mass is 10.1. The van der Waals surface area contributed by atoms with Crippen LogP contribution in [0.25, 0.3) is 0 Å². The summed E-state index contributed by atoms with van der Waals surface area (Å²) in [7, 11) is 2.99. The molecular weight excluding hydrogens is 386 g/mol. The van der Waals surface area contributed by atoms with Crippen molar-refractivity contribution in [3.63, 3.8) is 0 Å². The van der Waals surface area contributed by atoms with E-state index in [1.54, 1.807) is 13.2 Å². The Labute approximate surface area is 147 Å². The SMILES string of the molecule is COc1ccc(Br)cc1COC(=O)c1cc(Cl)c(N)cc1OC. The number of ether oxygens (including phenoxy) is 3. The Morgan fingerprint density at radius 2 is 1.87 bits per heavy atom. The van der Waals surface area contributed by atoms with Crippen LogP contribution in [-0.4, -0.2) is 20.2 Å². The fraction of sp³-hybridized carbons (Fsp3) is 0.188. The molecule has 0 unspecified atom stereocenters. The molecule has 0 heterocycles. The Kier molecular flexibility index (Phi) is 5.74. The van der Waals surface area contributed by atoms with E-state index in [-0.39, 0.29) is 17.2 Å². The summed E-state index contributed by atoms with van der Waals surface area (Å²) in [6.07, 6.45) is 0. The molecule has 2 aromatic carbocycles. The number of anilines is 1. The molecule has 0 radical (unpaired) electrons. The van der Waals surface area contributed by atoms with E-state index in [9.17, 15) is 4.79 Å². The molecule has 2 aromatic rings. The molecule has 7 heteroatoms. The number of nitrogen functional groups attached to an aromatic ring is 1. The summed E-state index contributed by atoms with van der Waals surface area (Å²) in [5.74, 6) is 0.368. The van der Waals surface area contributed by atoms with Gasteiger partial charge in [0.15, 0.2) is 0 Å². The first-order valence-corrected chi connectivity index (χ1v) is 7.76. The van der Waals surface area contributed by atoms with Gasteiger partial charge >= 0.3 is 5.97 Å². The van der Waals surface area contributed by atoms with Gasteiger partial charge in [0.05, 0.1) is 24.9 Å². The van der Waals surface area contributed by atoms with Crippen molar-refractivity contribution in [2.45, 2.75) is 6.61 Å². The van der Waals surface area contributed by atoms with E-state index in [1.807, 2.05) is 12.1 Å². The highest BCUT2D eigenvalue weighted by molar-refractivity contribution is 9.10. The molecule has 2 N–H and O–H groups in total. The second-order valence-electron chi connectivity index (χ2n) is 4.61. The van der Waals surface area contributed by atoms with Crippen LogP contribution in [0.1, 0.15) is 15.9 Å². The maximum atomic E-state index is 12.3. The molecule has 0 aliphatic rings. The fourth-order valence-corrected chi connectivity index (χ4v) is 2.55. The standard InChI is InChI=1S/C16H15BrClNO4/c1-21-14-4-3-10(17)5-9(14)8-23-16(20)11-6-12(18)13(19)7-15(11)22-2/h3-7H,8,19H2,1-2H3. The third-order valence-electron chi connectivity index (χ3n) is 3.14. The largest absolute Gasteiger partial charge is 0.496 e. The van der Waals surface area contributed by atoms with Crippen molar-refractivity contribution >= 4 is 39.2 Å². The highest BCUT2D eigenvalue weighted by Crippen LogP contribution is 2.30. The number of benzene rings is 2. The fourth-order valence-electron chi connectivity index (χ4n) is 1.98. The van der Waals surface area contributed by atoms with Crippen molar-refractivity contribution < 1.29 is 19.0 Å². The molecule has 0 bridgehead atoms. The molecular formula is C16H15BrClNO4. The zero-order chi connectivity index (χ0) is 17.0. The summed E-state index contributed by atoms with van der Waals surface area (Å²) >= 11 is 9.33. The molecule has 0 atom stereocenters. The number of rotatable bonds is 5. The Bertz CT molecular complexity index is 736. The van der Waals surface area contributed by atoms with Gasteiger partial charge < -0.3 is 19.9 Å². The summed E-state index contributed by atoms with van der Waals surface area (Å²) in [5, 5.41) is 0.262. The predicted molar refractivity (Wildman–Crippen MR) is 92.2 cm³/mol. The third-order valence-corrected chi connectivity index (χ3v) is 3.96. The van der Waals surface area contributed by atoms with Gasteiger partial charge in [-0.25, -0.2) is 4.79 Å². The average Bonchev–Trinajstić information content (AvgIpc) is 2.54. The zero-order valence-corrected chi connectivity index (χ0v) is 14.9. The van der Waals surface area contributed by atoms with E-state index in [4.69, 9.17) is 31.5 Å². The number of hydrogen-bond donors (Lipinski definition) is 1. The molecule has 2 rings (SSSR count). The minimum absolute atomic E-state index is 0.0482. The van der Waals surface area contributed by atoms with Gasteiger partial charge in [-0.15, -0.1) is 0 Å². The highest BCUT2D eigenvalue weighted by Gasteiger charge is 2.17. The van der Waals surface area contributed by atoms with Crippen LogP contribution in [0.15, 0.2) is 34.8 Å². The van der Waals surface area contributed by atoms with Gasteiger partial charge in [-0.1, -0.05) is 27.5 Å². The van der Waals surface area contributed by atoms with Gasteiger partial charge in [-0.05, 0) is 24.3 Å². The topological polar surface area (TPSA) is 70.8 Å². The van der Waals surface area contributed by atoms with Crippen molar-refractivity contribution in [1.82, 2.24) is 0 Å². The van der Waals surface area contributed by atoms with Gasteiger partial charge in [0.2, 0.25) is 0 Å². The summed E-state index contributed by atoms with van der Waals surface area (Å²) in [6.45, 7) is 0.0482. The van der Waals surface area contributed by atoms with Gasteiger partial charge in [-0.2, -0.15) is 0 Å². The van der Waals surface area contributed by atoms with Crippen LogP contribution in [0.4, 0.5) is 5.69 Å². The lowest BCUT2D eigenvalue weighted by Crippen LogP contribution is -2.08. The molecule has 5 nitrogen and oxygen atoms in total. The van der Waals surface area contributed by atoms with Crippen molar-refractivity contribution in [2.24, 2.45) is 0 Å². The van der Waals surface area contributed by atoms with Gasteiger partial charge in [0.25, 0.3) is 0 Å². The van der Waals surface area contributed by atoms with E-state index in [1.165, 1.54) is 19.2 Å². The number of carbonyl (C=O) groups excluding carboxylic acids is 1. The predicted octanol–water partition coefficient (Wildman–Crippen LogP) is 4.06. The molecule has 0 aliphatic carbocycles.